The Morgan fingerprint density at radius 2 is 0.905 bits per heavy atom. The van der Waals surface area contributed by atoms with Crippen LogP contribution in [-0.2, 0) is 66.7 Å². The molecule has 244 valence electrons. The molecule has 2 N–H and O–H groups in total. The summed E-state index contributed by atoms with van der Waals surface area (Å²) < 4.78 is 38.3. The summed E-state index contributed by atoms with van der Waals surface area (Å²) in [7, 11) is 2.91. The number of aliphatic hydroxyl groups excluding tert-OH is 2. The SMILES string of the molecule is COCCOC(=O)C(C)(CO)COC(=O)C(C)OC(C)=O.COCCOC(=O)C(C)(CO)COC(=O)C(C)OC(C)=O. The molecule has 0 rings (SSSR count). The highest BCUT2D eigenvalue weighted by Crippen LogP contribution is 2.20. The van der Waals surface area contributed by atoms with Gasteiger partial charge in [-0.15, -0.1) is 0 Å². The lowest BCUT2D eigenvalue weighted by Crippen LogP contribution is -2.40. The van der Waals surface area contributed by atoms with Gasteiger partial charge in [0.2, 0.25) is 0 Å². The van der Waals surface area contributed by atoms with Gasteiger partial charge in [-0.05, 0) is 27.7 Å². The fourth-order valence-electron chi connectivity index (χ4n) is 2.41. The summed E-state index contributed by atoms with van der Waals surface area (Å²) in [5, 5.41) is 18.6. The fraction of sp³-hybridized carbons (Fsp3) is 0.769. The molecule has 0 fully saturated rings. The molecule has 0 spiro atoms. The summed E-state index contributed by atoms with van der Waals surface area (Å²) in [6, 6.07) is 0. The lowest BCUT2D eigenvalue weighted by Gasteiger charge is -2.25. The minimum absolute atomic E-state index is 0.0305. The normalized spacial score (nSPS) is 14.7. The molecule has 0 aromatic heterocycles. The van der Waals surface area contributed by atoms with Crippen molar-refractivity contribution in [2.75, 3.05) is 67.1 Å². The van der Waals surface area contributed by atoms with Crippen LogP contribution in [0, 0.1) is 10.8 Å². The molecule has 4 atom stereocenters. The molecule has 0 aliphatic rings. The van der Waals surface area contributed by atoms with E-state index < -0.39 is 72.1 Å². The number of carbonyl (C=O) groups excluding carboxylic acids is 6. The first kappa shape index (κ1) is 40.8. The van der Waals surface area contributed by atoms with Crippen LogP contribution < -0.4 is 0 Å². The summed E-state index contributed by atoms with van der Waals surface area (Å²) in [4.78, 5) is 68.2. The van der Waals surface area contributed by atoms with E-state index in [1.54, 1.807) is 0 Å². The zero-order chi connectivity index (χ0) is 32.9. The molecule has 16 heteroatoms. The molecule has 16 nitrogen and oxygen atoms in total. The minimum atomic E-state index is -1.39. The van der Waals surface area contributed by atoms with Gasteiger partial charge >= 0.3 is 35.8 Å². The lowest BCUT2D eigenvalue weighted by atomic mass is 9.93. The number of hydrogen-bond acceptors (Lipinski definition) is 16. The van der Waals surface area contributed by atoms with E-state index in [0.29, 0.717) is 0 Å². The van der Waals surface area contributed by atoms with Gasteiger partial charge in [-0.25, -0.2) is 9.59 Å². The van der Waals surface area contributed by atoms with Crippen molar-refractivity contribution in [2.45, 2.75) is 53.8 Å². The molecule has 0 aliphatic heterocycles. The van der Waals surface area contributed by atoms with Crippen LogP contribution in [0.15, 0.2) is 0 Å². The Morgan fingerprint density at radius 1 is 0.595 bits per heavy atom. The molecule has 0 aliphatic carbocycles. The van der Waals surface area contributed by atoms with E-state index in [-0.39, 0.29) is 39.6 Å². The van der Waals surface area contributed by atoms with E-state index >= 15 is 0 Å². The van der Waals surface area contributed by atoms with Gasteiger partial charge < -0.3 is 48.1 Å². The third-order valence-corrected chi connectivity index (χ3v) is 5.14. The number of carbonyl (C=O) groups is 6. The maximum atomic E-state index is 11.8. The average Bonchev–Trinajstić information content (AvgIpc) is 2.93. The predicted molar refractivity (Wildman–Crippen MR) is 140 cm³/mol. The number of ether oxygens (including phenoxy) is 8. The van der Waals surface area contributed by atoms with Gasteiger partial charge in [0.1, 0.15) is 37.3 Å². The number of hydrogen-bond donors (Lipinski definition) is 2. The van der Waals surface area contributed by atoms with Crippen LogP contribution in [0.4, 0.5) is 0 Å². The Balaban J connectivity index is 0. The van der Waals surface area contributed by atoms with Crippen molar-refractivity contribution in [3.8, 4) is 0 Å². The Labute approximate surface area is 244 Å². The Bertz CT molecular complexity index is 804. The first-order valence-electron chi connectivity index (χ1n) is 12.7. The van der Waals surface area contributed by atoms with Crippen molar-refractivity contribution in [1.29, 1.82) is 0 Å². The topological polar surface area (TPSA) is 217 Å². The highest BCUT2D eigenvalue weighted by atomic mass is 16.6. The minimum Gasteiger partial charge on any atom is -0.463 e. The molecule has 0 saturated carbocycles. The number of esters is 6. The van der Waals surface area contributed by atoms with E-state index in [9.17, 15) is 39.0 Å². The predicted octanol–water partition coefficient (Wildman–Crippen LogP) is -0.661. The van der Waals surface area contributed by atoms with E-state index in [1.807, 2.05) is 0 Å². The van der Waals surface area contributed by atoms with Gasteiger partial charge in [-0.2, -0.15) is 0 Å². The first-order valence-corrected chi connectivity index (χ1v) is 12.7. The molecule has 0 heterocycles. The van der Waals surface area contributed by atoms with Crippen LogP contribution in [0.1, 0.15) is 41.5 Å². The second-order valence-corrected chi connectivity index (χ2v) is 9.41. The first-order chi connectivity index (χ1) is 19.5. The van der Waals surface area contributed by atoms with Gasteiger partial charge in [0.05, 0.1) is 26.4 Å². The number of aliphatic hydroxyl groups is 2. The fourth-order valence-corrected chi connectivity index (χ4v) is 2.41. The molecule has 0 amide bonds. The molecule has 0 bridgehead atoms. The summed E-state index contributed by atoms with van der Waals surface area (Å²) in [6.07, 6.45) is -2.18. The van der Waals surface area contributed by atoms with Gasteiger partial charge in [0.25, 0.3) is 0 Å². The molecule has 0 aromatic rings. The van der Waals surface area contributed by atoms with Crippen LogP contribution in [0.3, 0.4) is 0 Å². The largest absolute Gasteiger partial charge is 0.463 e. The second kappa shape index (κ2) is 21.4. The third kappa shape index (κ3) is 16.8. The maximum absolute atomic E-state index is 11.8. The van der Waals surface area contributed by atoms with Gasteiger partial charge in [-0.1, -0.05) is 0 Å². The van der Waals surface area contributed by atoms with Crippen LogP contribution in [-0.4, -0.2) is 125 Å². The molecule has 0 saturated heterocycles. The third-order valence-electron chi connectivity index (χ3n) is 5.14. The van der Waals surface area contributed by atoms with Crippen molar-refractivity contribution in [3.63, 3.8) is 0 Å². The van der Waals surface area contributed by atoms with Crippen LogP contribution >= 0.6 is 0 Å². The summed E-state index contributed by atoms with van der Waals surface area (Å²) in [5.41, 5.74) is -2.78. The quantitative estimate of drug-likeness (QED) is 0.111. The van der Waals surface area contributed by atoms with Crippen molar-refractivity contribution in [1.82, 2.24) is 0 Å². The Kier molecular flexibility index (Phi) is 20.8. The van der Waals surface area contributed by atoms with Gasteiger partial charge in [-0.3, -0.25) is 19.2 Å². The second-order valence-electron chi connectivity index (χ2n) is 9.41. The van der Waals surface area contributed by atoms with Crippen LogP contribution in [0.5, 0.6) is 0 Å². The van der Waals surface area contributed by atoms with E-state index in [0.717, 1.165) is 13.8 Å². The summed E-state index contributed by atoms with van der Waals surface area (Å²) >= 11 is 0. The molecule has 4 unspecified atom stereocenters. The Morgan fingerprint density at radius 3 is 1.14 bits per heavy atom. The van der Waals surface area contributed by atoms with Gasteiger partial charge in [0, 0.05) is 28.1 Å². The van der Waals surface area contributed by atoms with E-state index in [2.05, 4.69) is 9.47 Å². The van der Waals surface area contributed by atoms with E-state index in [1.165, 1.54) is 41.9 Å². The smallest absolute Gasteiger partial charge is 0.347 e. The van der Waals surface area contributed by atoms with Crippen molar-refractivity contribution >= 4 is 35.8 Å². The highest BCUT2D eigenvalue weighted by molar-refractivity contribution is 5.81. The molecular weight excluding hydrogens is 568 g/mol. The molecule has 0 radical (unpaired) electrons. The van der Waals surface area contributed by atoms with Crippen molar-refractivity contribution in [3.05, 3.63) is 0 Å². The van der Waals surface area contributed by atoms with Crippen LogP contribution in [0.25, 0.3) is 0 Å². The number of methoxy groups -OCH3 is 2. The zero-order valence-corrected chi connectivity index (χ0v) is 25.4. The number of rotatable bonds is 18. The highest BCUT2D eigenvalue weighted by Gasteiger charge is 2.38. The summed E-state index contributed by atoms with van der Waals surface area (Å²) in [6.45, 7) is 6.40. The van der Waals surface area contributed by atoms with E-state index in [4.69, 9.17) is 28.4 Å². The average molecular weight is 613 g/mol. The molecular formula is C26H44O16. The van der Waals surface area contributed by atoms with Crippen molar-refractivity contribution in [2.24, 2.45) is 10.8 Å². The molecule has 0 aromatic carbocycles. The van der Waals surface area contributed by atoms with Crippen LogP contribution in [0.2, 0.25) is 0 Å². The van der Waals surface area contributed by atoms with Gasteiger partial charge in [0.15, 0.2) is 12.2 Å². The zero-order valence-electron chi connectivity index (χ0n) is 25.4. The van der Waals surface area contributed by atoms with Crippen molar-refractivity contribution < 1.29 is 76.9 Å². The summed E-state index contributed by atoms with van der Waals surface area (Å²) in [5.74, 6) is -4.29. The lowest BCUT2D eigenvalue weighted by molar-refractivity contribution is -0.175. The molecule has 42 heavy (non-hydrogen) atoms. The Hall–Kier alpha value is -3.34. The monoisotopic (exact) mass is 612 g/mol. The maximum Gasteiger partial charge on any atom is 0.347 e. The standard InChI is InChI=1S/2C13H22O8/c2*1-9(21-10(2)15)11(16)20-8-13(3,7-14)12(17)19-6-5-18-4/h2*9,14H,5-8H2,1-4H3.